The molecule has 0 saturated carbocycles. The van der Waals surface area contributed by atoms with Crippen molar-refractivity contribution in [2.45, 2.75) is 25.8 Å². The first-order valence-electron chi connectivity index (χ1n) is 6.56. The van der Waals surface area contributed by atoms with Crippen molar-refractivity contribution >= 4 is 5.91 Å². The third-order valence-corrected chi connectivity index (χ3v) is 3.79. The third kappa shape index (κ3) is 2.87. The molecule has 0 aromatic heterocycles. The Morgan fingerprint density at radius 3 is 2.95 bits per heavy atom. The lowest BCUT2D eigenvalue weighted by Crippen LogP contribution is -2.49. The molecule has 1 heterocycles. The van der Waals surface area contributed by atoms with Crippen LogP contribution in [0.1, 0.15) is 30.1 Å². The number of amides is 1. The van der Waals surface area contributed by atoms with E-state index in [2.05, 4.69) is 0 Å². The number of carbonyl (C=O) groups is 1. The van der Waals surface area contributed by atoms with Crippen molar-refractivity contribution in [1.82, 2.24) is 4.90 Å². The SMILES string of the molecule is CCC1CN(C(=O)c2ccc(F)cc2O)CCC1N. The first-order valence-corrected chi connectivity index (χ1v) is 6.56. The minimum absolute atomic E-state index is 0.121. The Morgan fingerprint density at radius 2 is 2.32 bits per heavy atom. The van der Waals surface area contributed by atoms with Gasteiger partial charge in [0.05, 0.1) is 5.56 Å². The largest absolute Gasteiger partial charge is 0.507 e. The van der Waals surface area contributed by atoms with Gasteiger partial charge in [-0.2, -0.15) is 0 Å². The fraction of sp³-hybridized carbons (Fsp3) is 0.500. The lowest BCUT2D eigenvalue weighted by molar-refractivity contribution is 0.0646. The van der Waals surface area contributed by atoms with Crippen LogP contribution in [0.25, 0.3) is 0 Å². The van der Waals surface area contributed by atoms with Gasteiger partial charge in [-0.25, -0.2) is 4.39 Å². The number of halogens is 1. The van der Waals surface area contributed by atoms with Gasteiger partial charge in [0.2, 0.25) is 0 Å². The molecule has 2 unspecified atom stereocenters. The molecule has 1 amide bonds. The molecular formula is C14H19FN2O2. The summed E-state index contributed by atoms with van der Waals surface area (Å²) in [5.41, 5.74) is 6.15. The molecule has 0 spiro atoms. The van der Waals surface area contributed by atoms with Gasteiger partial charge >= 0.3 is 0 Å². The number of nitrogens with zero attached hydrogens (tertiary/aromatic N) is 1. The highest BCUT2D eigenvalue weighted by Crippen LogP contribution is 2.24. The molecule has 1 aromatic carbocycles. The number of nitrogens with two attached hydrogens (primary N) is 1. The van der Waals surface area contributed by atoms with E-state index < -0.39 is 5.82 Å². The van der Waals surface area contributed by atoms with Gasteiger partial charge in [-0.05, 0) is 24.5 Å². The number of hydrogen-bond donors (Lipinski definition) is 2. The molecule has 0 bridgehead atoms. The van der Waals surface area contributed by atoms with Crippen molar-refractivity contribution in [2.24, 2.45) is 11.7 Å². The van der Waals surface area contributed by atoms with Crippen LogP contribution in [0.15, 0.2) is 18.2 Å². The highest BCUT2D eigenvalue weighted by atomic mass is 19.1. The van der Waals surface area contributed by atoms with Gasteiger partial charge in [-0.1, -0.05) is 13.3 Å². The van der Waals surface area contributed by atoms with E-state index in [9.17, 15) is 14.3 Å². The van der Waals surface area contributed by atoms with E-state index in [1.165, 1.54) is 12.1 Å². The van der Waals surface area contributed by atoms with Crippen LogP contribution in [0, 0.1) is 11.7 Å². The van der Waals surface area contributed by atoms with Crippen LogP contribution in [0.5, 0.6) is 5.75 Å². The van der Waals surface area contributed by atoms with Gasteiger partial charge in [-0.3, -0.25) is 4.79 Å². The van der Waals surface area contributed by atoms with Crippen molar-refractivity contribution < 1.29 is 14.3 Å². The standard InChI is InChI=1S/C14H19FN2O2/c1-2-9-8-17(6-5-12(9)16)14(19)11-4-3-10(15)7-13(11)18/h3-4,7,9,12,18H,2,5-6,8,16H2,1H3. The van der Waals surface area contributed by atoms with E-state index >= 15 is 0 Å². The number of rotatable bonds is 2. The van der Waals surface area contributed by atoms with Crippen molar-refractivity contribution in [3.63, 3.8) is 0 Å². The number of aromatic hydroxyl groups is 1. The Balaban J connectivity index is 2.15. The van der Waals surface area contributed by atoms with Crippen molar-refractivity contribution in [3.8, 4) is 5.75 Å². The summed E-state index contributed by atoms with van der Waals surface area (Å²) in [5, 5.41) is 9.66. The topological polar surface area (TPSA) is 66.6 Å². The van der Waals surface area contributed by atoms with Gasteiger partial charge in [-0.15, -0.1) is 0 Å². The summed E-state index contributed by atoms with van der Waals surface area (Å²) in [5.74, 6) is -0.850. The Labute approximate surface area is 112 Å². The van der Waals surface area contributed by atoms with E-state index in [4.69, 9.17) is 5.73 Å². The van der Waals surface area contributed by atoms with Crippen LogP contribution < -0.4 is 5.73 Å². The molecule has 5 heteroatoms. The van der Waals surface area contributed by atoms with Gasteiger partial charge in [0.25, 0.3) is 5.91 Å². The molecule has 1 aliphatic rings. The maximum atomic E-state index is 12.9. The van der Waals surface area contributed by atoms with Crippen LogP contribution in [0.2, 0.25) is 0 Å². The van der Waals surface area contributed by atoms with E-state index in [-0.39, 0.29) is 29.2 Å². The third-order valence-electron chi connectivity index (χ3n) is 3.79. The van der Waals surface area contributed by atoms with Crippen molar-refractivity contribution in [2.75, 3.05) is 13.1 Å². The van der Waals surface area contributed by atoms with E-state index in [0.29, 0.717) is 13.1 Å². The molecule has 0 radical (unpaired) electrons. The maximum absolute atomic E-state index is 12.9. The smallest absolute Gasteiger partial charge is 0.257 e. The van der Waals surface area contributed by atoms with E-state index in [0.717, 1.165) is 18.9 Å². The number of phenolic OH excluding ortho intramolecular Hbond substituents is 1. The monoisotopic (exact) mass is 266 g/mol. The normalized spacial score (nSPS) is 23.4. The summed E-state index contributed by atoms with van der Waals surface area (Å²) in [7, 11) is 0. The van der Waals surface area contributed by atoms with Gasteiger partial charge in [0.15, 0.2) is 0 Å². The summed E-state index contributed by atoms with van der Waals surface area (Å²) >= 11 is 0. The summed E-state index contributed by atoms with van der Waals surface area (Å²) < 4.78 is 12.9. The Bertz CT molecular complexity index is 479. The minimum Gasteiger partial charge on any atom is -0.507 e. The zero-order chi connectivity index (χ0) is 14.0. The Morgan fingerprint density at radius 1 is 1.58 bits per heavy atom. The molecule has 0 aliphatic carbocycles. The molecule has 1 aliphatic heterocycles. The number of benzene rings is 1. The van der Waals surface area contributed by atoms with E-state index in [1.807, 2.05) is 6.92 Å². The van der Waals surface area contributed by atoms with Crippen LogP contribution in [0.3, 0.4) is 0 Å². The second kappa shape index (κ2) is 5.57. The number of carbonyl (C=O) groups excluding carboxylic acids is 1. The molecule has 104 valence electrons. The first kappa shape index (κ1) is 13.8. The second-order valence-electron chi connectivity index (χ2n) is 5.03. The first-order chi connectivity index (χ1) is 9.02. The quantitative estimate of drug-likeness (QED) is 0.856. The highest BCUT2D eigenvalue weighted by Gasteiger charge is 2.29. The van der Waals surface area contributed by atoms with Crippen LogP contribution in [-0.4, -0.2) is 35.0 Å². The number of likely N-dealkylation sites (tertiary alicyclic amines) is 1. The Kier molecular flexibility index (Phi) is 4.04. The van der Waals surface area contributed by atoms with Gasteiger partial charge in [0.1, 0.15) is 11.6 Å². The van der Waals surface area contributed by atoms with E-state index in [1.54, 1.807) is 4.90 Å². The molecule has 1 saturated heterocycles. The van der Waals surface area contributed by atoms with Gasteiger partial charge in [0, 0.05) is 25.2 Å². The summed E-state index contributed by atoms with van der Waals surface area (Å²) in [6, 6.07) is 3.58. The lowest BCUT2D eigenvalue weighted by Gasteiger charge is -2.36. The molecule has 3 N–H and O–H groups in total. The second-order valence-corrected chi connectivity index (χ2v) is 5.03. The number of hydrogen-bond acceptors (Lipinski definition) is 3. The minimum atomic E-state index is -0.554. The Hall–Kier alpha value is -1.62. The molecule has 19 heavy (non-hydrogen) atoms. The fourth-order valence-corrected chi connectivity index (χ4v) is 2.52. The fourth-order valence-electron chi connectivity index (χ4n) is 2.52. The maximum Gasteiger partial charge on any atom is 0.257 e. The predicted octanol–water partition coefficient (Wildman–Crippen LogP) is 1.73. The molecule has 1 aromatic rings. The molecule has 4 nitrogen and oxygen atoms in total. The number of phenols is 1. The van der Waals surface area contributed by atoms with Crippen LogP contribution >= 0.6 is 0 Å². The summed E-state index contributed by atoms with van der Waals surface area (Å²) in [6.07, 6.45) is 1.67. The van der Waals surface area contributed by atoms with Crippen molar-refractivity contribution in [1.29, 1.82) is 0 Å². The average molecular weight is 266 g/mol. The molecular weight excluding hydrogens is 247 g/mol. The summed E-state index contributed by atoms with van der Waals surface area (Å²) in [6.45, 7) is 3.22. The molecule has 2 atom stereocenters. The van der Waals surface area contributed by atoms with Crippen molar-refractivity contribution in [3.05, 3.63) is 29.6 Å². The molecule has 1 fully saturated rings. The zero-order valence-corrected chi connectivity index (χ0v) is 11.0. The van der Waals surface area contributed by atoms with Gasteiger partial charge < -0.3 is 15.7 Å². The predicted molar refractivity (Wildman–Crippen MR) is 70.3 cm³/mol. The number of piperidine rings is 1. The van der Waals surface area contributed by atoms with Crippen LogP contribution in [-0.2, 0) is 0 Å². The average Bonchev–Trinajstić information content (AvgIpc) is 2.38. The zero-order valence-electron chi connectivity index (χ0n) is 11.0. The summed E-state index contributed by atoms with van der Waals surface area (Å²) in [4.78, 5) is 14.0. The molecule has 2 rings (SSSR count). The van der Waals surface area contributed by atoms with Crippen LogP contribution in [0.4, 0.5) is 4.39 Å². The highest BCUT2D eigenvalue weighted by molar-refractivity contribution is 5.96. The lowest BCUT2D eigenvalue weighted by atomic mass is 9.90.